The highest BCUT2D eigenvalue weighted by Crippen LogP contribution is 2.45. The van der Waals surface area contributed by atoms with Crippen LogP contribution in [0.2, 0.25) is 0 Å². The molecular weight excluding hydrogens is 202 g/mol. The van der Waals surface area contributed by atoms with Crippen LogP contribution in [0.25, 0.3) is 0 Å². The highest BCUT2D eigenvalue weighted by atomic mass is 16.3. The average molecular weight is 217 g/mol. The van der Waals surface area contributed by atoms with Gasteiger partial charge in [-0.2, -0.15) is 5.26 Å². The lowest BCUT2D eigenvalue weighted by atomic mass is 9.84. The van der Waals surface area contributed by atoms with Gasteiger partial charge < -0.3 is 10.0 Å². The molecule has 2 N–H and O–H groups in total. The van der Waals surface area contributed by atoms with Gasteiger partial charge in [0.25, 0.3) is 0 Å². The van der Waals surface area contributed by atoms with Gasteiger partial charge in [0.1, 0.15) is 23.2 Å². The number of aliphatic hydroxyl groups excluding tert-OH is 1. The third kappa shape index (κ3) is 1.06. The van der Waals surface area contributed by atoms with Crippen molar-refractivity contribution in [2.45, 2.75) is 44.2 Å². The van der Waals surface area contributed by atoms with E-state index < -0.39 is 0 Å². The maximum atomic E-state index is 9.95. The van der Waals surface area contributed by atoms with Gasteiger partial charge in [-0.05, 0) is 25.2 Å². The van der Waals surface area contributed by atoms with Crippen LogP contribution in [0.3, 0.4) is 0 Å². The Hall–Kier alpha value is -1.50. The molecule has 4 heteroatoms. The summed E-state index contributed by atoms with van der Waals surface area (Å²) in [7, 11) is 0. The third-order valence-electron chi connectivity index (χ3n) is 4.27. The van der Waals surface area contributed by atoms with Crippen molar-refractivity contribution in [3.63, 3.8) is 0 Å². The number of amidine groups is 1. The molecule has 2 heterocycles. The maximum Gasteiger partial charge on any atom is 0.143 e. The minimum Gasteiger partial charge on any atom is -0.509 e. The van der Waals surface area contributed by atoms with E-state index in [4.69, 9.17) is 10.7 Å². The molecule has 0 aromatic carbocycles. The highest BCUT2D eigenvalue weighted by Gasteiger charge is 2.50. The molecule has 16 heavy (non-hydrogen) atoms. The van der Waals surface area contributed by atoms with Gasteiger partial charge in [-0.3, -0.25) is 5.41 Å². The summed E-state index contributed by atoms with van der Waals surface area (Å²) in [5, 5.41) is 26.8. The second kappa shape index (κ2) is 3.24. The molecule has 0 amide bonds. The van der Waals surface area contributed by atoms with Gasteiger partial charge in [0.15, 0.2) is 0 Å². The maximum absolute atomic E-state index is 9.95. The fourth-order valence-electron chi connectivity index (χ4n) is 3.55. The van der Waals surface area contributed by atoms with Crippen molar-refractivity contribution in [2.24, 2.45) is 5.92 Å². The molecule has 84 valence electrons. The van der Waals surface area contributed by atoms with Crippen molar-refractivity contribution in [2.75, 3.05) is 0 Å². The smallest absolute Gasteiger partial charge is 0.143 e. The SMILES string of the molecule is N#CC1=C(O)[C@H]2C[C@@H]3CCCC[C@H]3N2C1=N. The lowest BCUT2D eigenvalue weighted by Crippen LogP contribution is -2.39. The normalized spacial score (nSPS) is 37.3. The van der Waals surface area contributed by atoms with E-state index in [1.54, 1.807) is 0 Å². The van der Waals surface area contributed by atoms with Crippen LogP contribution < -0.4 is 0 Å². The zero-order chi connectivity index (χ0) is 11.3. The van der Waals surface area contributed by atoms with Gasteiger partial charge in [-0.1, -0.05) is 12.8 Å². The first kappa shape index (κ1) is 9.71. The van der Waals surface area contributed by atoms with Crippen molar-refractivity contribution in [3.8, 4) is 6.07 Å². The van der Waals surface area contributed by atoms with Crippen LogP contribution in [0.4, 0.5) is 0 Å². The monoisotopic (exact) mass is 217 g/mol. The predicted molar refractivity (Wildman–Crippen MR) is 59.0 cm³/mol. The minimum absolute atomic E-state index is 0.0738. The Bertz CT molecular complexity index is 420. The highest BCUT2D eigenvalue weighted by molar-refractivity contribution is 6.03. The first-order valence-corrected chi connectivity index (χ1v) is 5.94. The lowest BCUT2D eigenvalue weighted by molar-refractivity contribution is 0.233. The van der Waals surface area contributed by atoms with E-state index in [2.05, 4.69) is 0 Å². The van der Waals surface area contributed by atoms with E-state index in [9.17, 15) is 5.11 Å². The summed E-state index contributed by atoms with van der Waals surface area (Å²) in [4.78, 5) is 1.98. The van der Waals surface area contributed by atoms with Crippen LogP contribution in [0.5, 0.6) is 0 Å². The zero-order valence-corrected chi connectivity index (χ0v) is 9.11. The Kier molecular flexibility index (Phi) is 1.97. The largest absolute Gasteiger partial charge is 0.509 e. The summed E-state index contributed by atoms with van der Waals surface area (Å²) in [5.74, 6) is 1.00. The number of fused-ring (bicyclic) bond motifs is 3. The first-order chi connectivity index (χ1) is 7.74. The minimum atomic E-state index is -0.0738. The molecule has 0 bridgehead atoms. The molecule has 3 atom stereocenters. The summed E-state index contributed by atoms with van der Waals surface area (Å²) >= 11 is 0. The van der Waals surface area contributed by atoms with Gasteiger partial charge in [0.05, 0.1) is 6.04 Å². The van der Waals surface area contributed by atoms with Crippen molar-refractivity contribution < 1.29 is 5.11 Å². The number of nitriles is 1. The van der Waals surface area contributed by atoms with Crippen molar-refractivity contribution in [3.05, 3.63) is 11.3 Å². The summed E-state index contributed by atoms with van der Waals surface area (Å²) in [5.41, 5.74) is 0.189. The summed E-state index contributed by atoms with van der Waals surface area (Å²) in [6.45, 7) is 0. The predicted octanol–water partition coefficient (Wildman–Crippen LogP) is 1.95. The summed E-state index contributed by atoms with van der Waals surface area (Å²) in [6.07, 6.45) is 5.71. The molecule has 1 saturated carbocycles. The third-order valence-corrected chi connectivity index (χ3v) is 4.27. The second-order valence-corrected chi connectivity index (χ2v) is 4.99. The van der Waals surface area contributed by atoms with E-state index in [-0.39, 0.29) is 23.2 Å². The van der Waals surface area contributed by atoms with Crippen LogP contribution in [-0.4, -0.2) is 27.9 Å². The Morgan fingerprint density at radius 2 is 2.12 bits per heavy atom. The van der Waals surface area contributed by atoms with Gasteiger partial charge in [-0.15, -0.1) is 0 Å². The number of aliphatic hydroxyl groups is 1. The number of rotatable bonds is 0. The van der Waals surface area contributed by atoms with Gasteiger partial charge in [-0.25, -0.2) is 0 Å². The van der Waals surface area contributed by atoms with E-state index >= 15 is 0 Å². The summed E-state index contributed by atoms with van der Waals surface area (Å²) < 4.78 is 0. The first-order valence-electron chi connectivity index (χ1n) is 5.94. The van der Waals surface area contributed by atoms with Crippen molar-refractivity contribution in [1.82, 2.24) is 4.90 Å². The Morgan fingerprint density at radius 1 is 1.38 bits per heavy atom. The molecule has 3 rings (SSSR count). The van der Waals surface area contributed by atoms with Crippen molar-refractivity contribution >= 4 is 5.84 Å². The molecule has 1 saturated heterocycles. The Morgan fingerprint density at radius 3 is 2.88 bits per heavy atom. The fraction of sp³-hybridized carbons (Fsp3) is 0.667. The van der Waals surface area contributed by atoms with E-state index in [1.165, 1.54) is 19.3 Å². The number of nitrogens with zero attached hydrogens (tertiary/aromatic N) is 2. The fourth-order valence-corrected chi connectivity index (χ4v) is 3.55. The van der Waals surface area contributed by atoms with E-state index in [1.807, 2.05) is 11.0 Å². The standard InChI is InChI=1S/C12H15N3O/c13-6-8-11(16)10-5-7-3-1-2-4-9(7)15(10)12(8)14/h7,9-10,14,16H,1-5H2/t7-,9+,10+/m0/s1. The molecule has 0 aromatic rings. The Labute approximate surface area is 94.7 Å². The quantitative estimate of drug-likeness (QED) is 0.651. The molecule has 0 spiro atoms. The second-order valence-electron chi connectivity index (χ2n) is 4.99. The molecule has 4 nitrogen and oxygen atoms in total. The topological polar surface area (TPSA) is 71.1 Å². The summed E-state index contributed by atoms with van der Waals surface area (Å²) in [6, 6.07) is 2.27. The van der Waals surface area contributed by atoms with Crippen LogP contribution >= 0.6 is 0 Å². The van der Waals surface area contributed by atoms with Crippen LogP contribution in [-0.2, 0) is 0 Å². The molecule has 1 aliphatic carbocycles. The molecule has 2 aliphatic heterocycles. The molecule has 0 radical (unpaired) electrons. The van der Waals surface area contributed by atoms with Crippen LogP contribution in [0.15, 0.2) is 11.3 Å². The molecule has 3 aliphatic rings. The van der Waals surface area contributed by atoms with E-state index in [0.717, 1.165) is 12.8 Å². The van der Waals surface area contributed by atoms with Crippen molar-refractivity contribution in [1.29, 1.82) is 10.7 Å². The van der Waals surface area contributed by atoms with Crippen LogP contribution in [0, 0.1) is 22.7 Å². The van der Waals surface area contributed by atoms with Gasteiger partial charge in [0.2, 0.25) is 0 Å². The average Bonchev–Trinajstić information content (AvgIpc) is 2.77. The Balaban J connectivity index is 1.96. The molecule has 0 aromatic heterocycles. The van der Waals surface area contributed by atoms with Crippen LogP contribution in [0.1, 0.15) is 32.1 Å². The van der Waals surface area contributed by atoms with E-state index in [0.29, 0.717) is 12.0 Å². The molecule has 0 unspecified atom stereocenters. The van der Waals surface area contributed by atoms with Gasteiger partial charge in [0, 0.05) is 6.04 Å². The number of hydrogen-bond acceptors (Lipinski definition) is 3. The number of nitrogens with one attached hydrogen (secondary N) is 1. The van der Waals surface area contributed by atoms with Gasteiger partial charge >= 0.3 is 0 Å². The molecular formula is C12H15N3O. The lowest BCUT2D eigenvalue weighted by Gasteiger charge is -2.32. The zero-order valence-electron chi connectivity index (χ0n) is 9.11. The number of hydrogen-bond donors (Lipinski definition) is 2. The molecule has 2 fully saturated rings.